The molecule has 0 aromatic carbocycles. The molecule has 1 aliphatic rings. The molecule has 2 aromatic rings. The molecule has 7 nitrogen and oxygen atoms in total. The van der Waals surface area contributed by atoms with Gasteiger partial charge in [0.15, 0.2) is 0 Å². The van der Waals surface area contributed by atoms with Crippen molar-refractivity contribution < 1.29 is 4.79 Å². The Labute approximate surface area is 141 Å². The molecule has 3 rings (SSSR count). The lowest BCUT2D eigenvalue weighted by Gasteiger charge is -2.10. The summed E-state index contributed by atoms with van der Waals surface area (Å²) in [4.78, 5) is 20.8. The van der Waals surface area contributed by atoms with E-state index < -0.39 is 0 Å². The summed E-state index contributed by atoms with van der Waals surface area (Å²) in [6.07, 6.45) is 4.18. The molecule has 8 heteroatoms. The van der Waals surface area contributed by atoms with Crippen molar-refractivity contribution in [3.8, 4) is 5.95 Å². The third-order valence-electron chi connectivity index (χ3n) is 3.74. The average Bonchev–Trinajstić information content (AvgIpc) is 3.17. The summed E-state index contributed by atoms with van der Waals surface area (Å²) in [7, 11) is 0. The van der Waals surface area contributed by atoms with Crippen molar-refractivity contribution in [1.29, 1.82) is 0 Å². The van der Waals surface area contributed by atoms with Gasteiger partial charge in [-0.2, -0.15) is 9.78 Å². The first kappa shape index (κ1) is 17.4. The molecule has 0 radical (unpaired) electrons. The number of carbonyl (C=O) groups is 1. The normalized spacial score (nSPS) is 17.1. The minimum absolute atomic E-state index is 0. The van der Waals surface area contributed by atoms with Crippen LogP contribution in [0.4, 0.5) is 5.82 Å². The molecule has 1 unspecified atom stereocenters. The second-order valence-electron chi connectivity index (χ2n) is 5.75. The fraction of sp³-hybridized carbons (Fsp3) is 0.467. The van der Waals surface area contributed by atoms with Gasteiger partial charge in [-0.1, -0.05) is 13.8 Å². The Bertz CT molecular complexity index is 651. The Balaban J connectivity index is 0.00000192. The Morgan fingerprint density at radius 1 is 1.39 bits per heavy atom. The molecule has 1 saturated heterocycles. The van der Waals surface area contributed by atoms with Crippen LogP contribution in [0.2, 0.25) is 0 Å². The summed E-state index contributed by atoms with van der Waals surface area (Å²) in [6.45, 7) is 5.73. The fourth-order valence-corrected chi connectivity index (χ4v) is 2.43. The van der Waals surface area contributed by atoms with Crippen molar-refractivity contribution >= 4 is 24.1 Å². The molecule has 0 spiro atoms. The Kier molecular flexibility index (Phi) is 5.68. The van der Waals surface area contributed by atoms with Gasteiger partial charge in [-0.25, -0.2) is 9.97 Å². The van der Waals surface area contributed by atoms with Gasteiger partial charge in [0, 0.05) is 25.0 Å². The Hall–Kier alpha value is -1.99. The third kappa shape index (κ3) is 3.86. The molecule has 0 aliphatic carbocycles. The quantitative estimate of drug-likeness (QED) is 0.888. The van der Waals surface area contributed by atoms with Crippen molar-refractivity contribution in [2.24, 2.45) is 5.92 Å². The van der Waals surface area contributed by atoms with Gasteiger partial charge in [-0.3, -0.25) is 4.79 Å². The van der Waals surface area contributed by atoms with Gasteiger partial charge in [-0.05, 0) is 24.9 Å². The Morgan fingerprint density at radius 2 is 2.13 bits per heavy atom. The summed E-state index contributed by atoms with van der Waals surface area (Å²) >= 11 is 0. The van der Waals surface area contributed by atoms with Gasteiger partial charge >= 0.3 is 0 Å². The summed E-state index contributed by atoms with van der Waals surface area (Å²) in [5.74, 6) is 1.34. The van der Waals surface area contributed by atoms with E-state index in [0.29, 0.717) is 11.8 Å². The molecule has 0 saturated carbocycles. The highest BCUT2D eigenvalue weighted by molar-refractivity contribution is 5.92. The molecule has 2 N–H and O–H groups in total. The summed E-state index contributed by atoms with van der Waals surface area (Å²) < 4.78 is 1.59. The lowest BCUT2D eigenvalue weighted by molar-refractivity contribution is -0.119. The molecule has 23 heavy (non-hydrogen) atoms. The van der Waals surface area contributed by atoms with E-state index in [1.807, 2.05) is 6.07 Å². The predicted molar refractivity (Wildman–Crippen MR) is 90.1 cm³/mol. The average molecular weight is 337 g/mol. The summed E-state index contributed by atoms with van der Waals surface area (Å²) in [6, 6.07) is 3.64. The van der Waals surface area contributed by atoms with E-state index in [2.05, 4.69) is 39.5 Å². The van der Waals surface area contributed by atoms with Crippen LogP contribution in [-0.4, -0.2) is 38.7 Å². The van der Waals surface area contributed by atoms with Gasteiger partial charge in [0.2, 0.25) is 5.91 Å². The van der Waals surface area contributed by atoms with Gasteiger partial charge < -0.3 is 10.6 Å². The van der Waals surface area contributed by atoms with E-state index in [-0.39, 0.29) is 30.2 Å². The predicted octanol–water partition coefficient (Wildman–Crippen LogP) is 1.76. The van der Waals surface area contributed by atoms with Gasteiger partial charge in [0.1, 0.15) is 5.82 Å². The van der Waals surface area contributed by atoms with E-state index in [9.17, 15) is 4.79 Å². The number of hydrogen-bond donors (Lipinski definition) is 2. The monoisotopic (exact) mass is 336 g/mol. The number of amides is 1. The Morgan fingerprint density at radius 3 is 2.74 bits per heavy atom. The minimum atomic E-state index is 0. The van der Waals surface area contributed by atoms with Gasteiger partial charge in [0.25, 0.3) is 5.95 Å². The van der Waals surface area contributed by atoms with Crippen molar-refractivity contribution in [3.05, 3.63) is 30.2 Å². The van der Waals surface area contributed by atoms with Gasteiger partial charge in [0.05, 0.1) is 11.6 Å². The van der Waals surface area contributed by atoms with Crippen LogP contribution < -0.4 is 10.6 Å². The number of rotatable bonds is 4. The largest absolute Gasteiger partial charge is 0.316 e. The second-order valence-corrected chi connectivity index (χ2v) is 5.75. The molecular weight excluding hydrogens is 316 g/mol. The van der Waals surface area contributed by atoms with E-state index in [0.717, 1.165) is 25.2 Å². The van der Waals surface area contributed by atoms with Crippen molar-refractivity contribution in [2.45, 2.75) is 26.2 Å². The third-order valence-corrected chi connectivity index (χ3v) is 3.74. The second kappa shape index (κ2) is 7.52. The van der Waals surface area contributed by atoms with Crippen LogP contribution in [0.5, 0.6) is 0 Å². The number of carbonyl (C=O) groups excluding carboxylic acids is 1. The zero-order valence-corrected chi connectivity index (χ0v) is 14.0. The molecular formula is C15H21ClN6O. The van der Waals surface area contributed by atoms with E-state index in [1.165, 1.54) is 0 Å². The maximum Gasteiger partial charge on any atom is 0.252 e. The van der Waals surface area contributed by atoms with E-state index in [4.69, 9.17) is 0 Å². The first-order valence-corrected chi connectivity index (χ1v) is 7.54. The molecule has 0 bridgehead atoms. The molecule has 3 heterocycles. The van der Waals surface area contributed by atoms with Crippen molar-refractivity contribution in [1.82, 2.24) is 25.1 Å². The molecule has 2 aromatic heterocycles. The number of nitrogens with one attached hydrogen (secondary N) is 2. The van der Waals surface area contributed by atoms with Gasteiger partial charge in [-0.15, -0.1) is 12.4 Å². The van der Waals surface area contributed by atoms with Crippen LogP contribution in [0.15, 0.2) is 24.5 Å². The minimum Gasteiger partial charge on any atom is -0.316 e. The standard InChI is InChI=1S/C15H20N6O.ClH/c1-10(2)12-8-13(19-14(22)11-4-7-16-9-11)21(20-12)15-17-5-3-6-18-15;/h3,5-6,8,10-11,16H,4,7,9H2,1-2H3,(H,19,22);1H. The van der Waals surface area contributed by atoms with Crippen LogP contribution >= 0.6 is 12.4 Å². The number of aromatic nitrogens is 4. The summed E-state index contributed by atoms with van der Waals surface area (Å²) in [5, 5.41) is 10.7. The zero-order valence-electron chi connectivity index (χ0n) is 13.2. The van der Waals surface area contributed by atoms with Crippen LogP contribution in [0.1, 0.15) is 31.9 Å². The number of halogens is 1. The maximum absolute atomic E-state index is 12.3. The topological polar surface area (TPSA) is 84.7 Å². The number of nitrogens with zero attached hydrogens (tertiary/aromatic N) is 4. The van der Waals surface area contributed by atoms with Crippen LogP contribution in [0.25, 0.3) is 5.95 Å². The summed E-state index contributed by atoms with van der Waals surface area (Å²) in [5.41, 5.74) is 0.896. The first-order chi connectivity index (χ1) is 10.6. The van der Waals surface area contributed by atoms with Crippen LogP contribution in [0, 0.1) is 5.92 Å². The highest BCUT2D eigenvalue weighted by Gasteiger charge is 2.24. The lowest BCUT2D eigenvalue weighted by atomic mass is 10.1. The zero-order chi connectivity index (χ0) is 15.5. The maximum atomic E-state index is 12.3. The molecule has 1 aliphatic heterocycles. The molecule has 124 valence electrons. The highest BCUT2D eigenvalue weighted by atomic mass is 35.5. The lowest BCUT2D eigenvalue weighted by Crippen LogP contribution is -2.26. The van der Waals surface area contributed by atoms with Crippen molar-refractivity contribution in [3.63, 3.8) is 0 Å². The number of anilines is 1. The van der Waals surface area contributed by atoms with Crippen molar-refractivity contribution in [2.75, 3.05) is 18.4 Å². The highest BCUT2D eigenvalue weighted by Crippen LogP contribution is 2.21. The first-order valence-electron chi connectivity index (χ1n) is 7.54. The van der Waals surface area contributed by atoms with E-state index >= 15 is 0 Å². The fourth-order valence-electron chi connectivity index (χ4n) is 2.43. The van der Waals surface area contributed by atoms with Crippen LogP contribution in [-0.2, 0) is 4.79 Å². The molecule has 1 atom stereocenters. The molecule has 1 fully saturated rings. The SMILES string of the molecule is CC(C)c1cc(NC(=O)C2CCNC2)n(-c2ncccn2)n1.Cl. The van der Waals surface area contributed by atoms with Crippen LogP contribution in [0.3, 0.4) is 0 Å². The molecule has 1 amide bonds. The smallest absolute Gasteiger partial charge is 0.252 e. The van der Waals surface area contributed by atoms with E-state index in [1.54, 1.807) is 23.1 Å². The number of hydrogen-bond acceptors (Lipinski definition) is 5.